The van der Waals surface area contributed by atoms with Crippen LogP contribution in [0.2, 0.25) is 0 Å². The number of aromatic nitrogens is 1. The number of carbonyl (C=O) groups is 1. The maximum absolute atomic E-state index is 13.0. The van der Waals surface area contributed by atoms with E-state index >= 15 is 0 Å². The van der Waals surface area contributed by atoms with Crippen molar-refractivity contribution in [1.29, 1.82) is 0 Å². The molecule has 1 aliphatic rings. The van der Waals surface area contributed by atoms with Crippen molar-refractivity contribution in [3.8, 4) is 0 Å². The molecule has 92 valence electrons. The SMILES string of the molecule is COC(=O)c1cc(Br)c(=O)n(C2(CF)CC2)c1. The van der Waals surface area contributed by atoms with Crippen molar-refractivity contribution in [2.75, 3.05) is 13.8 Å². The number of halogens is 2. The van der Waals surface area contributed by atoms with Gasteiger partial charge in [0.1, 0.15) is 6.67 Å². The average molecular weight is 304 g/mol. The third-order valence-electron chi connectivity index (χ3n) is 2.98. The summed E-state index contributed by atoms with van der Waals surface area (Å²) in [5.74, 6) is -0.547. The first kappa shape index (κ1) is 12.3. The molecule has 2 rings (SSSR count). The number of hydrogen-bond acceptors (Lipinski definition) is 3. The van der Waals surface area contributed by atoms with Gasteiger partial charge in [-0.2, -0.15) is 0 Å². The van der Waals surface area contributed by atoms with Gasteiger partial charge in [0, 0.05) is 6.20 Å². The Kier molecular flexibility index (Phi) is 3.07. The van der Waals surface area contributed by atoms with E-state index in [0.717, 1.165) is 0 Å². The molecule has 0 radical (unpaired) electrons. The van der Waals surface area contributed by atoms with Crippen LogP contribution in [0.1, 0.15) is 23.2 Å². The average Bonchev–Trinajstić information content (AvgIpc) is 3.12. The molecule has 0 unspecified atom stereocenters. The van der Waals surface area contributed by atoms with Crippen molar-refractivity contribution < 1.29 is 13.9 Å². The molecule has 17 heavy (non-hydrogen) atoms. The summed E-state index contributed by atoms with van der Waals surface area (Å²) in [4.78, 5) is 23.3. The lowest BCUT2D eigenvalue weighted by atomic mass is 10.2. The van der Waals surface area contributed by atoms with Gasteiger partial charge in [-0.1, -0.05) is 0 Å². The van der Waals surface area contributed by atoms with E-state index in [1.807, 2.05) is 0 Å². The molecule has 0 bridgehead atoms. The van der Waals surface area contributed by atoms with Crippen LogP contribution in [0.3, 0.4) is 0 Å². The lowest BCUT2D eigenvalue weighted by Crippen LogP contribution is -2.32. The van der Waals surface area contributed by atoms with Crippen LogP contribution >= 0.6 is 15.9 Å². The first-order valence-electron chi connectivity index (χ1n) is 5.11. The predicted molar refractivity (Wildman–Crippen MR) is 62.9 cm³/mol. The molecule has 6 heteroatoms. The van der Waals surface area contributed by atoms with Gasteiger partial charge in [-0.3, -0.25) is 4.79 Å². The number of carbonyl (C=O) groups excluding carboxylic acids is 1. The number of alkyl halides is 1. The lowest BCUT2D eigenvalue weighted by Gasteiger charge is -2.16. The third-order valence-corrected chi connectivity index (χ3v) is 3.55. The highest BCUT2D eigenvalue weighted by atomic mass is 79.9. The zero-order valence-electron chi connectivity index (χ0n) is 9.20. The molecule has 0 aliphatic heterocycles. The van der Waals surface area contributed by atoms with Crippen molar-refractivity contribution in [1.82, 2.24) is 4.57 Å². The number of methoxy groups -OCH3 is 1. The van der Waals surface area contributed by atoms with E-state index in [1.165, 1.54) is 23.9 Å². The van der Waals surface area contributed by atoms with E-state index in [0.29, 0.717) is 12.8 Å². The van der Waals surface area contributed by atoms with Crippen LogP contribution in [0, 0.1) is 0 Å². The van der Waals surface area contributed by atoms with Gasteiger partial charge < -0.3 is 9.30 Å². The summed E-state index contributed by atoms with van der Waals surface area (Å²) in [6.45, 7) is -0.607. The Bertz CT molecular complexity index is 522. The van der Waals surface area contributed by atoms with E-state index < -0.39 is 18.2 Å². The van der Waals surface area contributed by atoms with Gasteiger partial charge in [0.2, 0.25) is 0 Å². The summed E-state index contributed by atoms with van der Waals surface area (Å²) < 4.78 is 19.1. The van der Waals surface area contributed by atoms with Crippen molar-refractivity contribution in [3.63, 3.8) is 0 Å². The number of nitrogens with zero attached hydrogens (tertiary/aromatic N) is 1. The molecular weight excluding hydrogens is 293 g/mol. The summed E-state index contributed by atoms with van der Waals surface area (Å²) in [5.41, 5.74) is -0.851. The quantitative estimate of drug-likeness (QED) is 0.801. The molecular formula is C11H11BrFNO3. The Morgan fingerprint density at radius 1 is 1.65 bits per heavy atom. The van der Waals surface area contributed by atoms with Gasteiger partial charge >= 0.3 is 5.97 Å². The largest absolute Gasteiger partial charge is 0.465 e. The van der Waals surface area contributed by atoms with Crippen molar-refractivity contribution in [2.45, 2.75) is 18.4 Å². The minimum atomic E-state index is -0.760. The lowest BCUT2D eigenvalue weighted by molar-refractivity contribution is 0.0599. The molecule has 0 saturated heterocycles. The highest BCUT2D eigenvalue weighted by molar-refractivity contribution is 9.10. The molecule has 1 aromatic heterocycles. The Morgan fingerprint density at radius 2 is 2.29 bits per heavy atom. The van der Waals surface area contributed by atoms with Crippen LogP contribution in [0.5, 0.6) is 0 Å². The highest BCUT2D eigenvalue weighted by Crippen LogP contribution is 2.43. The van der Waals surface area contributed by atoms with Crippen molar-refractivity contribution in [2.24, 2.45) is 0 Å². The molecule has 1 aromatic rings. The monoisotopic (exact) mass is 303 g/mol. The fraction of sp³-hybridized carbons (Fsp3) is 0.455. The number of esters is 1. The molecule has 1 fully saturated rings. The molecule has 0 spiro atoms. The summed E-state index contributed by atoms with van der Waals surface area (Å²) in [6, 6.07) is 1.39. The van der Waals surface area contributed by atoms with Crippen LogP contribution in [-0.4, -0.2) is 24.3 Å². The van der Waals surface area contributed by atoms with Gasteiger partial charge in [-0.05, 0) is 34.8 Å². The fourth-order valence-corrected chi connectivity index (χ4v) is 2.15. The van der Waals surface area contributed by atoms with Crippen molar-refractivity contribution in [3.05, 3.63) is 32.7 Å². The van der Waals surface area contributed by atoms with E-state index in [1.54, 1.807) is 0 Å². The molecule has 1 saturated carbocycles. The molecule has 1 aliphatic carbocycles. The first-order valence-corrected chi connectivity index (χ1v) is 5.90. The second-order valence-electron chi connectivity index (χ2n) is 4.10. The smallest absolute Gasteiger partial charge is 0.339 e. The Hall–Kier alpha value is -1.17. The molecule has 0 amide bonds. The Labute approximate surface area is 106 Å². The van der Waals surface area contributed by atoms with Gasteiger partial charge in [-0.25, -0.2) is 9.18 Å². The zero-order valence-corrected chi connectivity index (χ0v) is 10.8. The summed E-state index contributed by atoms with van der Waals surface area (Å²) in [6.07, 6.45) is 2.59. The second kappa shape index (κ2) is 4.25. The Balaban J connectivity index is 2.55. The van der Waals surface area contributed by atoms with E-state index in [2.05, 4.69) is 20.7 Å². The zero-order chi connectivity index (χ0) is 12.6. The second-order valence-corrected chi connectivity index (χ2v) is 4.96. The Morgan fingerprint density at radius 3 is 2.76 bits per heavy atom. The predicted octanol–water partition coefficient (Wildman–Crippen LogP) is 1.86. The molecule has 0 N–H and O–H groups in total. The standard InChI is InChI=1S/C11H11BrFNO3/c1-17-10(16)7-4-8(12)9(15)14(5-7)11(6-13)2-3-11/h4-5H,2-3,6H2,1H3. The van der Waals surface area contributed by atoms with Gasteiger partial charge in [-0.15, -0.1) is 0 Å². The van der Waals surface area contributed by atoms with Crippen LogP contribution in [0.4, 0.5) is 4.39 Å². The topological polar surface area (TPSA) is 48.3 Å². The number of ether oxygens (including phenoxy) is 1. The third kappa shape index (κ3) is 2.01. The molecule has 4 nitrogen and oxygen atoms in total. The van der Waals surface area contributed by atoms with E-state index in [-0.39, 0.29) is 15.6 Å². The first-order chi connectivity index (χ1) is 8.04. The maximum Gasteiger partial charge on any atom is 0.339 e. The van der Waals surface area contributed by atoms with Crippen LogP contribution in [-0.2, 0) is 10.3 Å². The fourth-order valence-electron chi connectivity index (χ4n) is 1.71. The minimum absolute atomic E-state index is 0.235. The van der Waals surface area contributed by atoms with Gasteiger partial charge in [0.25, 0.3) is 5.56 Å². The normalized spacial score (nSPS) is 16.6. The highest BCUT2D eigenvalue weighted by Gasteiger charge is 2.46. The molecule has 0 aromatic carbocycles. The summed E-state index contributed by atoms with van der Waals surface area (Å²) in [7, 11) is 1.26. The summed E-state index contributed by atoms with van der Waals surface area (Å²) in [5, 5.41) is 0. The summed E-state index contributed by atoms with van der Waals surface area (Å²) >= 11 is 3.08. The van der Waals surface area contributed by atoms with Crippen LogP contribution in [0.15, 0.2) is 21.5 Å². The van der Waals surface area contributed by atoms with Gasteiger partial charge in [0.15, 0.2) is 0 Å². The minimum Gasteiger partial charge on any atom is -0.465 e. The number of rotatable bonds is 3. The molecule has 0 atom stereocenters. The van der Waals surface area contributed by atoms with Crippen LogP contribution < -0.4 is 5.56 Å². The number of pyridine rings is 1. The van der Waals surface area contributed by atoms with E-state index in [9.17, 15) is 14.0 Å². The van der Waals surface area contributed by atoms with Gasteiger partial charge in [0.05, 0.1) is 22.7 Å². The van der Waals surface area contributed by atoms with Crippen molar-refractivity contribution >= 4 is 21.9 Å². The maximum atomic E-state index is 13.0. The molecule has 1 heterocycles. The van der Waals surface area contributed by atoms with E-state index in [4.69, 9.17) is 0 Å². The number of hydrogen-bond donors (Lipinski definition) is 0. The van der Waals surface area contributed by atoms with Crippen LogP contribution in [0.25, 0.3) is 0 Å².